The minimum Gasteiger partial charge on any atom is -0.353 e. The molecule has 1 unspecified atom stereocenters. The van der Waals surface area contributed by atoms with Gasteiger partial charge in [0, 0.05) is 12.2 Å². The van der Waals surface area contributed by atoms with E-state index in [1.165, 1.54) is 6.07 Å². The Balaban J connectivity index is 1.72. The lowest BCUT2D eigenvalue weighted by atomic mass is 10.2. The number of anilines is 2. The number of imidazole rings is 1. The second kappa shape index (κ2) is 5.55. The number of H-pyrrole nitrogens is 1. The van der Waals surface area contributed by atoms with Gasteiger partial charge in [-0.1, -0.05) is 12.1 Å². The van der Waals surface area contributed by atoms with Gasteiger partial charge in [0.05, 0.1) is 22.8 Å². The molecule has 6 heteroatoms. The van der Waals surface area contributed by atoms with Crippen molar-refractivity contribution in [2.75, 3.05) is 18.4 Å². The molecule has 5 nitrogen and oxygen atoms in total. The quantitative estimate of drug-likeness (QED) is 0.697. The Morgan fingerprint density at radius 3 is 2.87 bits per heavy atom. The monoisotopic (exact) mass is 312 g/mol. The molecule has 1 aliphatic rings. The van der Waals surface area contributed by atoms with Crippen LogP contribution in [0.25, 0.3) is 11.0 Å². The third kappa shape index (κ3) is 2.51. The zero-order chi connectivity index (χ0) is 15.8. The van der Waals surface area contributed by atoms with Crippen molar-refractivity contribution < 1.29 is 4.39 Å². The summed E-state index contributed by atoms with van der Waals surface area (Å²) in [5, 5.41) is 6.32. The first-order valence-electron chi connectivity index (χ1n) is 7.69. The lowest BCUT2D eigenvalue weighted by Gasteiger charge is -2.11. The first-order chi connectivity index (χ1) is 11.2. The number of fused-ring (bicyclic) bond motifs is 1. The summed E-state index contributed by atoms with van der Waals surface area (Å²) in [5.74, 6) is -0.310. The highest BCUT2D eigenvalue weighted by molar-refractivity contribution is 5.81. The Bertz CT molecular complexity index is 908. The number of halogens is 1. The van der Waals surface area contributed by atoms with E-state index in [0.717, 1.165) is 36.2 Å². The lowest BCUT2D eigenvalue weighted by molar-refractivity contribution is 0.546. The Morgan fingerprint density at radius 2 is 2.09 bits per heavy atom. The molecule has 0 saturated carbocycles. The summed E-state index contributed by atoms with van der Waals surface area (Å²) in [6, 6.07) is 12.3. The standard InChI is InChI=1S/C17H17FN4O/c18-13-3-1-2-4-14(13)20-11-5-6-16-15(9-11)21-17(23)22(16)12-7-8-19-10-12/h1-6,9,12,19-20H,7-8,10H2,(H,21,23). The minimum absolute atomic E-state index is 0.100. The number of aromatic nitrogens is 2. The highest BCUT2D eigenvalue weighted by Gasteiger charge is 2.20. The predicted molar refractivity (Wildman–Crippen MR) is 88.8 cm³/mol. The zero-order valence-corrected chi connectivity index (χ0v) is 12.5. The summed E-state index contributed by atoms with van der Waals surface area (Å²) in [7, 11) is 0. The van der Waals surface area contributed by atoms with Crippen LogP contribution in [0.2, 0.25) is 0 Å². The largest absolute Gasteiger partial charge is 0.353 e. The molecule has 1 saturated heterocycles. The van der Waals surface area contributed by atoms with E-state index in [2.05, 4.69) is 15.6 Å². The van der Waals surface area contributed by atoms with Crippen molar-refractivity contribution in [3.05, 3.63) is 58.8 Å². The smallest absolute Gasteiger partial charge is 0.326 e. The van der Waals surface area contributed by atoms with Gasteiger partial charge in [0.25, 0.3) is 0 Å². The molecular formula is C17H17FN4O. The molecular weight excluding hydrogens is 295 g/mol. The van der Waals surface area contributed by atoms with E-state index >= 15 is 0 Å². The number of nitrogens with zero attached hydrogens (tertiary/aromatic N) is 1. The molecule has 2 aromatic carbocycles. The summed E-state index contributed by atoms with van der Waals surface area (Å²) in [6.45, 7) is 1.73. The van der Waals surface area contributed by atoms with Crippen LogP contribution in [0.3, 0.4) is 0 Å². The highest BCUT2D eigenvalue weighted by atomic mass is 19.1. The minimum atomic E-state index is -0.310. The van der Waals surface area contributed by atoms with Crippen LogP contribution in [-0.4, -0.2) is 22.6 Å². The van der Waals surface area contributed by atoms with Crippen molar-refractivity contribution in [1.82, 2.24) is 14.9 Å². The van der Waals surface area contributed by atoms with Crippen LogP contribution in [0.1, 0.15) is 12.5 Å². The number of hydrogen-bond donors (Lipinski definition) is 3. The summed E-state index contributed by atoms with van der Waals surface area (Å²) in [5.41, 5.74) is 2.68. The van der Waals surface area contributed by atoms with Crippen LogP contribution in [0.4, 0.5) is 15.8 Å². The van der Waals surface area contributed by atoms with Crippen LogP contribution in [0.15, 0.2) is 47.3 Å². The number of hydrogen-bond acceptors (Lipinski definition) is 3. The number of nitrogens with one attached hydrogen (secondary N) is 3. The fraction of sp³-hybridized carbons (Fsp3) is 0.235. The summed E-state index contributed by atoms with van der Waals surface area (Å²) in [6.07, 6.45) is 0.947. The van der Waals surface area contributed by atoms with Gasteiger partial charge in [0.15, 0.2) is 0 Å². The molecule has 1 fully saturated rings. The maximum absolute atomic E-state index is 13.7. The van der Waals surface area contributed by atoms with E-state index in [1.807, 2.05) is 22.8 Å². The fourth-order valence-corrected chi connectivity index (χ4v) is 3.15. The van der Waals surface area contributed by atoms with Crippen LogP contribution < -0.4 is 16.3 Å². The van der Waals surface area contributed by atoms with Crippen molar-refractivity contribution in [3.63, 3.8) is 0 Å². The number of aromatic amines is 1. The summed E-state index contributed by atoms with van der Waals surface area (Å²) >= 11 is 0. The van der Waals surface area contributed by atoms with Gasteiger partial charge in [0.1, 0.15) is 5.82 Å². The molecule has 2 heterocycles. The van der Waals surface area contributed by atoms with Crippen molar-refractivity contribution in [2.24, 2.45) is 0 Å². The molecule has 4 rings (SSSR count). The van der Waals surface area contributed by atoms with E-state index in [9.17, 15) is 9.18 Å². The summed E-state index contributed by atoms with van der Waals surface area (Å²) in [4.78, 5) is 15.1. The molecule has 0 radical (unpaired) electrons. The fourth-order valence-electron chi connectivity index (χ4n) is 3.15. The second-order valence-corrected chi connectivity index (χ2v) is 5.78. The number of para-hydroxylation sites is 1. The Morgan fingerprint density at radius 1 is 1.22 bits per heavy atom. The van der Waals surface area contributed by atoms with Gasteiger partial charge in [-0.05, 0) is 43.3 Å². The van der Waals surface area contributed by atoms with Crippen LogP contribution in [0, 0.1) is 5.82 Å². The van der Waals surface area contributed by atoms with Crippen molar-refractivity contribution in [3.8, 4) is 0 Å². The Labute approximate surface area is 132 Å². The second-order valence-electron chi connectivity index (χ2n) is 5.78. The van der Waals surface area contributed by atoms with E-state index in [-0.39, 0.29) is 17.5 Å². The van der Waals surface area contributed by atoms with E-state index in [4.69, 9.17) is 0 Å². The molecule has 0 spiro atoms. The normalized spacial score (nSPS) is 17.7. The molecule has 3 N–H and O–H groups in total. The van der Waals surface area contributed by atoms with Crippen LogP contribution in [-0.2, 0) is 0 Å². The topological polar surface area (TPSA) is 61.9 Å². The molecule has 1 aliphatic heterocycles. The van der Waals surface area contributed by atoms with E-state index < -0.39 is 0 Å². The molecule has 0 bridgehead atoms. The molecule has 0 amide bonds. The summed E-state index contributed by atoms with van der Waals surface area (Å²) < 4.78 is 15.5. The third-order valence-electron chi connectivity index (χ3n) is 4.27. The maximum Gasteiger partial charge on any atom is 0.326 e. The van der Waals surface area contributed by atoms with Crippen LogP contribution >= 0.6 is 0 Å². The predicted octanol–water partition coefficient (Wildman–Crippen LogP) is 2.75. The number of rotatable bonds is 3. The Kier molecular flexibility index (Phi) is 3.38. The maximum atomic E-state index is 13.7. The van der Waals surface area contributed by atoms with Gasteiger partial charge < -0.3 is 15.6 Å². The zero-order valence-electron chi connectivity index (χ0n) is 12.5. The molecule has 23 heavy (non-hydrogen) atoms. The van der Waals surface area contributed by atoms with E-state index in [1.54, 1.807) is 18.2 Å². The SMILES string of the molecule is O=c1[nH]c2cc(Nc3ccccc3F)ccc2n1C1CCNC1. The average molecular weight is 312 g/mol. The number of benzene rings is 2. The van der Waals surface area contributed by atoms with Gasteiger partial charge in [-0.15, -0.1) is 0 Å². The first kappa shape index (κ1) is 14.0. The van der Waals surface area contributed by atoms with E-state index in [0.29, 0.717) is 5.69 Å². The van der Waals surface area contributed by atoms with Crippen molar-refractivity contribution >= 4 is 22.4 Å². The van der Waals surface area contributed by atoms with Gasteiger partial charge in [-0.2, -0.15) is 0 Å². The average Bonchev–Trinajstić information content (AvgIpc) is 3.15. The van der Waals surface area contributed by atoms with Crippen LogP contribution in [0.5, 0.6) is 0 Å². The molecule has 0 aliphatic carbocycles. The molecule has 1 aromatic heterocycles. The van der Waals surface area contributed by atoms with Gasteiger partial charge in [-0.3, -0.25) is 4.57 Å². The van der Waals surface area contributed by atoms with Gasteiger partial charge in [-0.25, -0.2) is 9.18 Å². The molecule has 3 aromatic rings. The van der Waals surface area contributed by atoms with Crippen molar-refractivity contribution in [1.29, 1.82) is 0 Å². The van der Waals surface area contributed by atoms with Gasteiger partial charge >= 0.3 is 5.69 Å². The molecule has 118 valence electrons. The Hall–Kier alpha value is -2.60. The molecule has 1 atom stereocenters. The first-order valence-corrected chi connectivity index (χ1v) is 7.69. The lowest BCUT2D eigenvalue weighted by Crippen LogP contribution is -2.23. The van der Waals surface area contributed by atoms with Crippen molar-refractivity contribution in [2.45, 2.75) is 12.5 Å². The van der Waals surface area contributed by atoms with Gasteiger partial charge in [0.2, 0.25) is 0 Å². The third-order valence-corrected chi connectivity index (χ3v) is 4.27. The highest BCUT2D eigenvalue weighted by Crippen LogP contribution is 2.25.